The van der Waals surface area contributed by atoms with Crippen molar-refractivity contribution in [1.29, 1.82) is 0 Å². The molecule has 2 rings (SSSR count). The van der Waals surface area contributed by atoms with Crippen LogP contribution in [0.5, 0.6) is 0 Å². The van der Waals surface area contributed by atoms with Crippen LogP contribution in [0.15, 0.2) is 29.8 Å². The van der Waals surface area contributed by atoms with Crippen LogP contribution in [0.4, 0.5) is 5.00 Å². The van der Waals surface area contributed by atoms with Crippen molar-refractivity contribution in [3.63, 3.8) is 0 Å². The minimum Gasteiger partial charge on any atom is -0.389 e. The largest absolute Gasteiger partial charge is 0.389 e. The highest BCUT2D eigenvalue weighted by molar-refractivity contribution is 7.14. The van der Waals surface area contributed by atoms with E-state index in [9.17, 15) is 0 Å². The number of nitrogen functional groups attached to an aromatic ring is 1. The zero-order chi connectivity index (χ0) is 9.26. The summed E-state index contributed by atoms with van der Waals surface area (Å²) >= 11 is 1.47. The van der Waals surface area contributed by atoms with E-state index in [1.165, 1.54) is 16.9 Å². The van der Waals surface area contributed by atoms with E-state index in [0.717, 1.165) is 16.3 Å². The molecule has 2 nitrogen and oxygen atoms in total. The third-order valence-electron chi connectivity index (χ3n) is 2.00. The molecule has 0 saturated carbocycles. The summed E-state index contributed by atoms with van der Waals surface area (Å²) in [4.78, 5) is 4.24. The van der Waals surface area contributed by atoms with Gasteiger partial charge < -0.3 is 5.73 Å². The van der Waals surface area contributed by atoms with E-state index in [-0.39, 0.29) is 0 Å². The van der Waals surface area contributed by atoms with E-state index in [1.54, 1.807) is 5.51 Å². The van der Waals surface area contributed by atoms with Gasteiger partial charge in [0.15, 0.2) is 0 Å². The van der Waals surface area contributed by atoms with Gasteiger partial charge in [0.1, 0.15) is 10.7 Å². The van der Waals surface area contributed by atoms with Gasteiger partial charge in [0.25, 0.3) is 0 Å². The molecule has 13 heavy (non-hydrogen) atoms. The van der Waals surface area contributed by atoms with Crippen molar-refractivity contribution in [3.05, 3.63) is 35.3 Å². The summed E-state index contributed by atoms with van der Waals surface area (Å²) in [7, 11) is 0. The van der Waals surface area contributed by atoms with Crippen molar-refractivity contribution in [3.8, 4) is 11.3 Å². The fraction of sp³-hybridized carbons (Fsp3) is 0.100. The first kappa shape index (κ1) is 8.26. The fourth-order valence-electron chi connectivity index (χ4n) is 1.30. The van der Waals surface area contributed by atoms with Crippen LogP contribution in [0, 0.1) is 6.92 Å². The standard InChI is InChI=1S/C10H10N2S/c1-7-4-2-3-5-8(7)9-10(11)13-6-12-9/h2-6H,11H2,1H3. The summed E-state index contributed by atoms with van der Waals surface area (Å²) in [5.41, 5.74) is 10.8. The maximum Gasteiger partial charge on any atom is 0.114 e. The van der Waals surface area contributed by atoms with Gasteiger partial charge in [0, 0.05) is 5.56 Å². The Morgan fingerprint density at radius 1 is 1.31 bits per heavy atom. The van der Waals surface area contributed by atoms with E-state index in [1.807, 2.05) is 18.2 Å². The molecule has 1 aromatic carbocycles. The quantitative estimate of drug-likeness (QED) is 0.751. The van der Waals surface area contributed by atoms with Gasteiger partial charge >= 0.3 is 0 Å². The monoisotopic (exact) mass is 190 g/mol. The molecule has 0 bridgehead atoms. The molecule has 0 radical (unpaired) electrons. The average molecular weight is 190 g/mol. The number of nitrogens with zero attached hydrogens (tertiary/aromatic N) is 1. The highest BCUT2D eigenvalue weighted by Crippen LogP contribution is 2.29. The summed E-state index contributed by atoms with van der Waals surface area (Å²) in [6, 6.07) is 8.12. The number of benzene rings is 1. The van der Waals surface area contributed by atoms with Gasteiger partial charge in [-0.2, -0.15) is 0 Å². The predicted octanol–water partition coefficient (Wildman–Crippen LogP) is 2.70. The zero-order valence-electron chi connectivity index (χ0n) is 7.32. The third-order valence-corrected chi connectivity index (χ3v) is 2.65. The molecule has 0 aliphatic rings. The second-order valence-corrected chi connectivity index (χ2v) is 3.77. The summed E-state index contributed by atoms with van der Waals surface area (Å²) in [5.74, 6) is 0. The van der Waals surface area contributed by atoms with Gasteiger partial charge in [0.05, 0.1) is 5.51 Å². The van der Waals surface area contributed by atoms with E-state index < -0.39 is 0 Å². The van der Waals surface area contributed by atoms with Gasteiger partial charge in [-0.15, -0.1) is 11.3 Å². The highest BCUT2D eigenvalue weighted by atomic mass is 32.1. The van der Waals surface area contributed by atoms with Gasteiger partial charge in [-0.1, -0.05) is 24.3 Å². The zero-order valence-corrected chi connectivity index (χ0v) is 8.14. The van der Waals surface area contributed by atoms with E-state index in [4.69, 9.17) is 5.73 Å². The van der Waals surface area contributed by atoms with Crippen LogP contribution in [0.2, 0.25) is 0 Å². The molecule has 3 heteroatoms. The number of nitrogens with two attached hydrogens (primary N) is 1. The van der Waals surface area contributed by atoms with Crippen LogP contribution in [-0.2, 0) is 0 Å². The molecular weight excluding hydrogens is 180 g/mol. The first-order valence-electron chi connectivity index (χ1n) is 4.04. The topological polar surface area (TPSA) is 38.9 Å². The average Bonchev–Trinajstić information content (AvgIpc) is 2.52. The summed E-state index contributed by atoms with van der Waals surface area (Å²) in [5, 5.41) is 0.786. The Bertz CT molecular complexity index is 420. The molecule has 0 saturated heterocycles. The number of aromatic nitrogens is 1. The second-order valence-electron chi connectivity index (χ2n) is 2.88. The number of anilines is 1. The first-order valence-corrected chi connectivity index (χ1v) is 4.92. The molecule has 0 amide bonds. The van der Waals surface area contributed by atoms with Gasteiger partial charge in [-0.05, 0) is 12.5 Å². The lowest BCUT2D eigenvalue weighted by atomic mass is 10.1. The molecule has 0 atom stereocenters. The molecule has 66 valence electrons. The van der Waals surface area contributed by atoms with Gasteiger partial charge in [-0.3, -0.25) is 0 Å². The summed E-state index contributed by atoms with van der Waals surface area (Å²) in [6.07, 6.45) is 0. The lowest BCUT2D eigenvalue weighted by Gasteiger charge is -2.02. The molecule has 0 aliphatic heterocycles. The fourth-order valence-corrected chi connectivity index (χ4v) is 1.84. The Hall–Kier alpha value is -1.35. The molecule has 0 unspecified atom stereocenters. The number of aryl methyl sites for hydroxylation is 1. The molecule has 0 fully saturated rings. The van der Waals surface area contributed by atoms with Crippen molar-refractivity contribution in [1.82, 2.24) is 4.98 Å². The number of rotatable bonds is 1. The third kappa shape index (κ3) is 1.42. The lowest BCUT2D eigenvalue weighted by molar-refractivity contribution is 1.37. The first-order chi connectivity index (χ1) is 6.29. The van der Waals surface area contributed by atoms with Crippen LogP contribution < -0.4 is 5.73 Å². The van der Waals surface area contributed by atoms with Crippen molar-refractivity contribution in [2.24, 2.45) is 0 Å². The summed E-state index contributed by atoms with van der Waals surface area (Å²) < 4.78 is 0. The molecule has 0 spiro atoms. The van der Waals surface area contributed by atoms with Crippen molar-refractivity contribution in [2.45, 2.75) is 6.92 Å². The number of hydrogen-bond acceptors (Lipinski definition) is 3. The highest BCUT2D eigenvalue weighted by Gasteiger charge is 2.06. The van der Waals surface area contributed by atoms with Crippen molar-refractivity contribution in [2.75, 3.05) is 5.73 Å². The van der Waals surface area contributed by atoms with Crippen LogP contribution in [0.25, 0.3) is 11.3 Å². The number of hydrogen-bond donors (Lipinski definition) is 1. The maximum absolute atomic E-state index is 5.80. The molecule has 2 N–H and O–H groups in total. The maximum atomic E-state index is 5.80. The van der Waals surface area contributed by atoms with Crippen LogP contribution in [-0.4, -0.2) is 4.98 Å². The molecule has 0 aliphatic carbocycles. The molecular formula is C10H10N2S. The van der Waals surface area contributed by atoms with Crippen molar-refractivity contribution >= 4 is 16.3 Å². The smallest absolute Gasteiger partial charge is 0.114 e. The minimum absolute atomic E-state index is 0.786. The molecule has 1 aromatic heterocycles. The Labute approximate surface area is 81.1 Å². The van der Waals surface area contributed by atoms with Crippen LogP contribution >= 0.6 is 11.3 Å². The van der Waals surface area contributed by atoms with E-state index in [0.29, 0.717) is 0 Å². The van der Waals surface area contributed by atoms with Crippen molar-refractivity contribution < 1.29 is 0 Å². The Kier molecular flexibility index (Phi) is 2.02. The van der Waals surface area contributed by atoms with Crippen LogP contribution in [0.3, 0.4) is 0 Å². The van der Waals surface area contributed by atoms with E-state index >= 15 is 0 Å². The normalized spacial score (nSPS) is 10.2. The summed E-state index contributed by atoms with van der Waals surface area (Å²) in [6.45, 7) is 2.06. The predicted molar refractivity (Wildman–Crippen MR) is 56.7 cm³/mol. The number of thiazole rings is 1. The van der Waals surface area contributed by atoms with E-state index in [2.05, 4.69) is 18.0 Å². The Morgan fingerprint density at radius 2 is 2.08 bits per heavy atom. The van der Waals surface area contributed by atoms with Gasteiger partial charge in [0.2, 0.25) is 0 Å². The lowest BCUT2D eigenvalue weighted by Crippen LogP contribution is -1.87. The Balaban J connectivity index is 2.59. The minimum atomic E-state index is 0.786. The van der Waals surface area contributed by atoms with Gasteiger partial charge in [-0.25, -0.2) is 4.98 Å². The van der Waals surface area contributed by atoms with Crippen LogP contribution in [0.1, 0.15) is 5.56 Å². The second kappa shape index (κ2) is 3.18. The Morgan fingerprint density at radius 3 is 2.69 bits per heavy atom. The SMILES string of the molecule is Cc1ccccc1-c1ncsc1N. The molecule has 2 aromatic rings. The molecule has 1 heterocycles.